The van der Waals surface area contributed by atoms with Gasteiger partial charge >= 0.3 is 0 Å². The SMILES string of the molecule is C1CCCC(CN2C[C@H]3CCC[C@H]3C2)CC1. The summed E-state index contributed by atoms with van der Waals surface area (Å²) in [6, 6.07) is 0. The van der Waals surface area contributed by atoms with E-state index in [0.29, 0.717) is 0 Å². The van der Waals surface area contributed by atoms with Crippen LogP contribution >= 0.6 is 0 Å². The van der Waals surface area contributed by atoms with Gasteiger partial charge in [0.25, 0.3) is 0 Å². The molecular weight excluding hydrogens is 194 g/mol. The Bertz CT molecular complexity index is 205. The molecule has 0 spiro atoms. The summed E-state index contributed by atoms with van der Waals surface area (Å²) >= 11 is 0. The molecule has 0 aromatic heterocycles. The van der Waals surface area contributed by atoms with Gasteiger partial charge in [0, 0.05) is 19.6 Å². The molecule has 92 valence electrons. The van der Waals surface area contributed by atoms with Gasteiger partial charge in [0.1, 0.15) is 0 Å². The van der Waals surface area contributed by atoms with Crippen molar-refractivity contribution in [1.29, 1.82) is 0 Å². The number of hydrogen-bond acceptors (Lipinski definition) is 1. The predicted molar refractivity (Wildman–Crippen MR) is 68.5 cm³/mol. The van der Waals surface area contributed by atoms with E-state index in [0.717, 1.165) is 17.8 Å². The van der Waals surface area contributed by atoms with Crippen LogP contribution in [0.2, 0.25) is 0 Å². The minimum Gasteiger partial charge on any atom is -0.302 e. The Kier molecular flexibility index (Phi) is 3.51. The summed E-state index contributed by atoms with van der Waals surface area (Å²) < 4.78 is 0. The number of hydrogen-bond donors (Lipinski definition) is 0. The molecule has 3 rings (SSSR count). The average Bonchev–Trinajstić information content (AvgIpc) is 2.72. The van der Waals surface area contributed by atoms with Crippen molar-refractivity contribution in [3.05, 3.63) is 0 Å². The van der Waals surface area contributed by atoms with Gasteiger partial charge in [-0.05, 0) is 43.4 Å². The molecule has 1 aliphatic heterocycles. The smallest absolute Gasteiger partial charge is 0.00130 e. The quantitative estimate of drug-likeness (QED) is 0.643. The van der Waals surface area contributed by atoms with E-state index in [1.165, 1.54) is 77.4 Å². The van der Waals surface area contributed by atoms with Crippen molar-refractivity contribution < 1.29 is 0 Å². The van der Waals surface area contributed by atoms with E-state index in [4.69, 9.17) is 0 Å². The van der Waals surface area contributed by atoms with Crippen LogP contribution in [0.25, 0.3) is 0 Å². The maximum Gasteiger partial charge on any atom is 0.00130 e. The summed E-state index contributed by atoms with van der Waals surface area (Å²) in [6.45, 7) is 4.33. The van der Waals surface area contributed by atoms with Crippen molar-refractivity contribution in [3.8, 4) is 0 Å². The maximum absolute atomic E-state index is 2.81. The molecule has 2 atom stereocenters. The van der Waals surface area contributed by atoms with Crippen LogP contribution in [0.3, 0.4) is 0 Å². The van der Waals surface area contributed by atoms with Gasteiger partial charge in [-0.1, -0.05) is 32.1 Å². The topological polar surface area (TPSA) is 3.24 Å². The highest BCUT2D eigenvalue weighted by atomic mass is 15.2. The zero-order valence-electron chi connectivity index (χ0n) is 10.7. The molecule has 1 heteroatoms. The van der Waals surface area contributed by atoms with Crippen LogP contribution < -0.4 is 0 Å². The molecule has 0 N–H and O–H groups in total. The Labute approximate surface area is 101 Å². The predicted octanol–water partition coefficient (Wildman–Crippen LogP) is 3.69. The molecule has 0 aromatic carbocycles. The van der Waals surface area contributed by atoms with E-state index < -0.39 is 0 Å². The Morgan fingerprint density at radius 3 is 1.94 bits per heavy atom. The Balaban J connectivity index is 1.48. The average molecular weight is 221 g/mol. The molecule has 3 aliphatic rings. The minimum atomic E-state index is 1.04. The molecule has 1 saturated heterocycles. The number of nitrogens with zero attached hydrogens (tertiary/aromatic N) is 1. The zero-order valence-corrected chi connectivity index (χ0v) is 10.7. The van der Waals surface area contributed by atoms with Crippen molar-refractivity contribution in [2.45, 2.75) is 57.8 Å². The molecule has 1 heterocycles. The molecule has 2 aliphatic carbocycles. The van der Waals surface area contributed by atoms with Gasteiger partial charge in [0.2, 0.25) is 0 Å². The lowest BCUT2D eigenvalue weighted by Gasteiger charge is -2.23. The number of rotatable bonds is 2. The van der Waals surface area contributed by atoms with Crippen LogP contribution in [0, 0.1) is 17.8 Å². The first-order valence-electron chi connectivity index (χ1n) is 7.64. The monoisotopic (exact) mass is 221 g/mol. The third-order valence-electron chi connectivity index (χ3n) is 5.29. The van der Waals surface area contributed by atoms with Crippen LogP contribution in [0.5, 0.6) is 0 Å². The Morgan fingerprint density at radius 1 is 0.688 bits per heavy atom. The van der Waals surface area contributed by atoms with Gasteiger partial charge in [-0.2, -0.15) is 0 Å². The van der Waals surface area contributed by atoms with Gasteiger partial charge in [-0.25, -0.2) is 0 Å². The second-order valence-corrected chi connectivity index (χ2v) is 6.53. The molecule has 3 fully saturated rings. The van der Waals surface area contributed by atoms with Crippen molar-refractivity contribution in [3.63, 3.8) is 0 Å². The molecule has 0 bridgehead atoms. The summed E-state index contributed by atoms with van der Waals surface area (Å²) in [5.74, 6) is 3.22. The zero-order chi connectivity index (χ0) is 10.8. The van der Waals surface area contributed by atoms with E-state index in [1.54, 1.807) is 0 Å². The summed E-state index contributed by atoms with van der Waals surface area (Å²) in [5, 5.41) is 0. The van der Waals surface area contributed by atoms with E-state index in [9.17, 15) is 0 Å². The summed E-state index contributed by atoms with van der Waals surface area (Å²) in [4.78, 5) is 2.81. The number of fused-ring (bicyclic) bond motifs is 1. The van der Waals surface area contributed by atoms with Gasteiger partial charge in [-0.15, -0.1) is 0 Å². The van der Waals surface area contributed by atoms with Crippen LogP contribution in [0.15, 0.2) is 0 Å². The highest BCUT2D eigenvalue weighted by Gasteiger charge is 2.36. The van der Waals surface area contributed by atoms with Crippen molar-refractivity contribution in [2.75, 3.05) is 19.6 Å². The van der Waals surface area contributed by atoms with Gasteiger partial charge in [0.15, 0.2) is 0 Å². The second-order valence-electron chi connectivity index (χ2n) is 6.53. The summed E-state index contributed by atoms with van der Waals surface area (Å²) in [5.41, 5.74) is 0. The molecular formula is C15H27N. The normalized spacial score (nSPS) is 37.5. The Morgan fingerprint density at radius 2 is 1.31 bits per heavy atom. The van der Waals surface area contributed by atoms with Crippen LogP contribution in [-0.4, -0.2) is 24.5 Å². The number of likely N-dealkylation sites (tertiary alicyclic amines) is 1. The first kappa shape index (κ1) is 11.1. The fraction of sp³-hybridized carbons (Fsp3) is 1.00. The van der Waals surface area contributed by atoms with Gasteiger partial charge < -0.3 is 4.90 Å². The molecule has 0 radical (unpaired) electrons. The summed E-state index contributed by atoms with van der Waals surface area (Å²) in [7, 11) is 0. The first-order chi connectivity index (χ1) is 7.92. The molecule has 0 amide bonds. The van der Waals surface area contributed by atoms with Gasteiger partial charge in [-0.3, -0.25) is 0 Å². The standard InChI is InChI=1S/C15H27N/c1-2-4-7-13(6-3-1)10-16-11-14-8-5-9-15(14)12-16/h13-15H,1-12H2/t14-,15+. The van der Waals surface area contributed by atoms with Crippen LogP contribution in [0.4, 0.5) is 0 Å². The van der Waals surface area contributed by atoms with Crippen molar-refractivity contribution >= 4 is 0 Å². The lowest BCUT2D eigenvalue weighted by atomic mass is 10.00. The first-order valence-corrected chi connectivity index (χ1v) is 7.64. The molecule has 1 nitrogen and oxygen atoms in total. The Hall–Kier alpha value is -0.0400. The summed E-state index contributed by atoms with van der Waals surface area (Å²) in [6.07, 6.45) is 13.6. The largest absolute Gasteiger partial charge is 0.302 e. The van der Waals surface area contributed by atoms with Crippen molar-refractivity contribution in [2.24, 2.45) is 17.8 Å². The second kappa shape index (κ2) is 5.08. The van der Waals surface area contributed by atoms with Crippen LogP contribution in [-0.2, 0) is 0 Å². The molecule has 0 aromatic rings. The third kappa shape index (κ3) is 2.45. The van der Waals surface area contributed by atoms with Crippen LogP contribution in [0.1, 0.15) is 57.8 Å². The lowest BCUT2D eigenvalue weighted by molar-refractivity contribution is 0.245. The minimum absolute atomic E-state index is 1.04. The highest BCUT2D eigenvalue weighted by molar-refractivity contribution is 4.89. The van der Waals surface area contributed by atoms with Crippen molar-refractivity contribution in [1.82, 2.24) is 4.90 Å². The van der Waals surface area contributed by atoms with E-state index >= 15 is 0 Å². The lowest BCUT2D eigenvalue weighted by Crippen LogP contribution is -2.28. The molecule has 16 heavy (non-hydrogen) atoms. The van der Waals surface area contributed by atoms with E-state index in [-0.39, 0.29) is 0 Å². The van der Waals surface area contributed by atoms with Gasteiger partial charge in [0.05, 0.1) is 0 Å². The fourth-order valence-electron chi connectivity index (χ4n) is 4.39. The van der Waals surface area contributed by atoms with E-state index in [1.807, 2.05) is 0 Å². The van der Waals surface area contributed by atoms with E-state index in [2.05, 4.69) is 4.90 Å². The molecule has 0 unspecified atom stereocenters. The maximum atomic E-state index is 2.81. The molecule has 2 saturated carbocycles. The third-order valence-corrected chi connectivity index (χ3v) is 5.29. The fourth-order valence-corrected chi connectivity index (χ4v) is 4.39. The highest BCUT2D eigenvalue weighted by Crippen LogP contribution is 2.38.